The van der Waals surface area contributed by atoms with Crippen LogP contribution in [-0.2, 0) is 0 Å². The maximum atomic E-state index is 13.1. The van der Waals surface area contributed by atoms with Crippen molar-refractivity contribution in [2.24, 2.45) is 0 Å². The molecular formula is C9H5F2NO2. The Morgan fingerprint density at radius 3 is 2.64 bits per heavy atom. The van der Waals surface area contributed by atoms with Crippen molar-refractivity contribution in [2.75, 3.05) is 0 Å². The Hall–Kier alpha value is -1.91. The van der Waals surface area contributed by atoms with Gasteiger partial charge in [0.25, 0.3) is 0 Å². The standard InChI is InChI=1S/C9H5F2NO2/c10-8-7(9(13)14)5-3-1-2-4-6(5)12(8)11/h1-4H,(H,13,14). The maximum absolute atomic E-state index is 13.1. The van der Waals surface area contributed by atoms with E-state index in [1.807, 2.05) is 0 Å². The number of hydrogen-bond donors (Lipinski definition) is 1. The highest BCUT2D eigenvalue weighted by Crippen LogP contribution is 2.24. The minimum Gasteiger partial charge on any atom is -0.478 e. The van der Waals surface area contributed by atoms with Crippen molar-refractivity contribution in [1.82, 2.24) is 4.79 Å². The first kappa shape index (κ1) is 8.68. The van der Waals surface area contributed by atoms with Gasteiger partial charge in [-0.25, -0.2) is 4.79 Å². The number of carboxylic acids is 1. The molecule has 0 saturated carbocycles. The molecule has 0 aliphatic carbocycles. The second-order valence-corrected chi connectivity index (χ2v) is 2.77. The van der Waals surface area contributed by atoms with Crippen molar-refractivity contribution < 1.29 is 18.8 Å². The lowest BCUT2D eigenvalue weighted by atomic mass is 10.2. The Kier molecular flexibility index (Phi) is 1.73. The highest BCUT2D eigenvalue weighted by Gasteiger charge is 2.21. The van der Waals surface area contributed by atoms with Crippen molar-refractivity contribution in [3.05, 3.63) is 35.8 Å². The zero-order valence-corrected chi connectivity index (χ0v) is 6.87. The normalized spacial score (nSPS) is 10.7. The summed E-state index contributed by atoms with van der Waals surface area (Å²) in [4.78, 5) is 10.4. The fourth-order valence-electron chi connectivity index (χ4n) is 1.37. The summed E-state index contributed by atoms with van der Waals surface area (Å²) < 4.78 is 26.1. The van der Waals surface area contributed by atoms with Gasteiger partial charge in [-0.1, -0.05) is 22.7 Å². The van der Waals surface area contributed by atoms with Gasteiger partial charge in [-0.2, -0.15) is 4.39 Å². The van der Waals surface area contributed by atoms with E-state index in [1.165, 1.54) is 24.3 Å². The second kappa shape index (κ2) is 2.80. The predicted molar refractivity (Wildman–Crippen MR) is 45.4 cm³/mol. The van der Waals surface area contributed by atoms with Crippen LogP contribution in [0.4, 0.5) is 8.87 Å². The largest absolute Gasteiger partial charge is 0.478 e. The molecule has 72 valence electrons. The fourth-order valence-corrected chi connectivity index (χ4v) is 1.37. The summed E-state index contributed by atoms with van der Waals surface area (Å²) in [6, 6.07) is 5.69. The predicted octanol–water partition coefficient (Wildman–Crippen LogP) is 2.21. The molecule has 0 bridgehead atoms. The van der Waals surface area contributed by atoms with Crippen LogP contribution in [0.3, 0.4) is 0 Å². The van der Waals surface area contributed by atoms with Gasteiger partial charge >= 0.3 is 5.97 Å². The monoisotopic (exact) mass is 197 g/mol. The molecule has 0 saturated heterocycles. The van der Waals surface area contributed by atoms with Crippen molar-refractivity contribution in [2.45, 2.75) is 0 Å². The summed E-state index contributed by atoms with van der Waals surface area (Å²) in [6.45, 7) is 0. The Morgan fingerprint density at radius 2 is 2.00 bits per heavy atom. The van der Waals surface area contributed by atoms with Gasteiger partial charge in [-0.3, -0.25) is 0 Å². The number of para-hydroxylation sites is 1. The molecule has 0 atom stereocenters. The number of halogens is 2. The van der Waals surface area contributed by atoms with Crippen LogP contribution in [0.25, 0.3) is 10.9 Å². The zero-order chi connectivity index (χ0) is 10.3. The van der Waals surface area contributed by atoms with Crippen molar-refractivity contribution in [1.29, 1.82) is 0 Å². The molecule has 5 heteroatoms. The lowest BCUT2D eigenvalue weighted by Crippen LogP contribution is -1.99. The Bertz CT molecular complexity index is 519. The number of benzene rings is 1. The van der Waals surface area contributed by atoms with E-state index in [0.29, 0.717) is 0 Å². The lowest BCUT2D eigenvalue weighted by molar-refractivity contribution is 0.0691. The number of aromatic carboxylic acids is 1. The van der Waals surface area contributed by atoms with Crippen molar-refractivity contribution >= 4 is 16.9 Å². The Morgan fingerprint density at radius 1 is 1.36 bits per heavy atom. The number of carboxylic acid groups (broad SMARTS) is 1. The van der Waals surface area contributed by atoms with E-state index in [9.17, 15) is 13.7 Å². The maximum Gasteiger partial charge on any atom is 0.341 e. The number of rotatable bonds is 1. The quantitative estimate of drug-likeness (QED) is 0.761. The van der Waals surface area contributed by atoms with E-state index in [-0.39, 0.29) is 15.7 Å². The highest BCUT2D eigenvalue weighted by molar-refractivity contribution is 6.03. The van der Waals surface area contributed by atoms with Crippen LogP contribution in [0, 0.1) is 5.95 Å². The van der Waals surface area contributed by atoms with E-state index >= 15 is 0 Å². The summed E-state index contributed by atoms with van der Waals surface area (Å²) in [7, 11) is 0. The fraction of sp³-hybridized carbons (Fsp3) is 0. The molecule has 0 fully saturated rings. The van der Waals surface area contributed by atoms with Gasteiger partial charge in [-0.15, -0.1) is 4.79 Å². The van der Waals surface area contributed by atoms with Crippen LogP contribution in [-0.4, -0.2) is 15.9 Å². The molecule has 1 aromatic carbocycles. The minimum atomic E-state index is -1.48. The first-order valence-corrected chi connectivity index (χ1v) is 3.81. The Labute approximate surface area is 77.1 Å². The first-order valence-electron chi connectivity index (χ1n) is 3.81. The molecule has 0 radical (unpaired) electrons. The van der Waals surface area contributed by atoms with E-state index in [4.69, 9.17) is 5.11 Å². The van der Waals surface area contributed by atoms with Gasteiger partial charge in [0.05, 0.1) is 5.52 Å². The SMILES string of the molecule is O=C(O)c1c(F)n(F)c2ccccc12. The molecule has 0 aliphatic rings. The topological polar surface area (TPSA) is 42.2 Å². The molecule has 1 heterocycles. The molecular weight excluding hydrogens is 192 g/mol. The number of aromatic nitrogens is 1. The van der Waals surface area contributed by atoms with E-state index < -0.39 is 17.5 Å². The van der Waals surface area contributed by atoms with E-state index in [0.717, 1.165) is 0 Å². The van der Waals surface area contributed by atoms with Crippen LogP contribution in [0.15, 0.2) is 24.3 Å². The Balaban J connectivity index is 2.95. The van der Waals surface area contributed by atoms with E-state index in [2.05, 4.69) is 0 Å². The van der Waals surface area contributed by atoms with Crippen LogP contribution >= 0.6 is 0 Å². The summed E-state index contributed by atoms with van der Waals surface area (Å²) >= 11 is 0. The van der Waals surface area contributed by atoms with Gasteiger partial charge in [0.2, 0.25) is 5.95 Å². The molecule has 1 N–H and O–H groups in total. The summed E-state index contributed by atoms with van der Waals surface area (Å²) in [5.41, 5.74) is -0.717. The van der Waals surface area contributed by atoms with Crippen LogP contribution in [0.2, 0.25) is 0 Å². The number of hydrogen-bond acceptors (Lipinski definition) is 1. The average molecular weight is 197 g/mol. The van der Waals surface area contributed by atoms with Gasteiger partial charge in [-0.05, 0) is 6.07 Å². The molecule has 14 heavy (non-hydrogen) atoms. The zero-order valence-electron chi connectivity index (χ0n) is 6.87. The highest BCUT2D eigenvalue weighted by atomic mass is 19.2. The van der Waals surface area contributed by atoms with Crippen LogP contribution in [0.5, 0.6) is 0 Å². The molecule has 2 rings (SSSR count). The molecule has 2 aromatic rings. The molecule has 0 unspecified atom stereocenters. The number of nitrogens with zero attached hydrogens (tertiary/aromatic N) is 1. The molecule has 0 amide bonds. The number of fused-ring (bicyclic) bond motifs is 1. The number of carbonyl (C=O) groups is 1. The lowest BCUT2D eigenvalue weighted by Gasteiger charge is -1.89. The third-order valence-corrected chi connectivity index (χ3v) is 1.98. The van der Waals surface area contributed by atoms with Gasteiger partial charge in [0.1, 0.15) is 5.56 Å². The summed E-state index contributed by atoms with van der Waals surface area (Å²) in [5.74, 6) is -2.85. The van der Waals surface area contributed by atoms with Crippen molar-refractivity contribution in [3.8, 4) is 0 Å². The van der Waals surface area contributed by atoms with Crippen molar-refractivity contribution in [3.63, 3.8) is 0 Å². The third-order valence-electron chi connectivity index (χ3n) is 1.98. The van der Waals surface area contributed by atoms with Crippen LogP contribution < -0.4 is 0 Å². The molecule has 0 spiro atoms. The van der Waals surface area contributed by atoms with Gasteiger partial charge < -0.3 is 5.11 Å². The summed E-state index contributed by atoms with van der Waals surface area (Å²) in [5, 5.41) is 8.71. The molecule has 0 aliphatic heterocycles. The molecule has 1 aromatic heterocycles. The smallest absolute Gasteiger partial charge is 0.341 e. The van der Waals surface area contributed by atoms with Gasteiger partial charge in [0.15, 0.2) is 0 Å². The average Bonchev–Trinajstić information content (AvgIpc) is 2.41. The van der Waals surface area contributed by atoms with Gasteiger partial charge in [0, 0.05) is 5.39 Å². The first-order chi connectivity index (χ1) is 6.63. The third kappa shape index (κ3) is 0.985. The van der Waals surface area contributed by atoms with Crippen LogP contribution in [0.1, 0.15) is 10.4 Å². The second-order valence-electron chi connectivity index (χ2n) is 2.77. The molecule has 3 nitrogen and oxygen atoms in total. The summed E-state index contributed by atoms with van der Waals surface area (Å²) in [6.07, 6.45) is 0. The van der Waals surface area contributed by atoms with E-state index in [1.54, 1.807) is 0 Å². The minimum absolute atomic E-state index is 0.0556.